The minimum Gasteiger partial charge on any atom is -0.333 e. The smallest absolute Gasteiger partial charge is 0.234 e. The summed E-state index contributed by atoms with van der Waals surface area (Å²) in [5.74, 6) is -0.0735. The summed E-state index contributed by atoms with van der Waals surface area (Å²) in [7, 11) is -3.29. The Morgan fingerprint density at radius 2 is 2.00 bits per heavy atom. The Kier molecular flexibility index (Phi) is 4.97. The van der Waals surface area contributed by atoms with Crippen molar-refractivity contribution >= 4 is 44.2 Å². The van der Waals surface area contributed by atoms with Crippen LogP contribution in [0.1, 0.15) is 5.56 Å². The van der Waals surface area contributed by atoms with Crippen LogP contribution < -0.4 is 5.32 Å². The average molecular weight is 386 g/mol. The summed E-state index contributed by atoms with van der Waals surface area (Å²) in [6, 6.07) is 13.2. The van der Waals surface area contributed by atoms with Crippen LogP contribution in [-0.2, 0) is 14.6 Å². The molecule has 1 heterocycles. The van der Waals surface area contributed by atoms with Crippen molar-refractivity contribution in [3.63, 3.8) is 0 Å². The van der Waals surface area contributed by atoms with Crippen molar-refractivity contribution < 1.29 is 13.2 Å². The zero-order valence-corrected chi connectivity index (χ0v) is 15.3. The number of fused-ring (bicyclic) bond motifs is 1. The second-order valence-electron chi connectivity index (χ2n) is 5.52. The monoisotopic (exact) mass is 386 g/mol. The fourth-order valence-electron chi connectivity index (χ4n) is 2.22. The Morgan fingerprint density at radius 3 is 2.65 bits per heavy atom. The van der Waals surface area contributed by atoms with E-state index in [-0.39, 0.29) is 16.6 Å². The van der Waals surface area contributed by atoms with Gasteiger partial charge in [-0.2, -0.15) is 5.26 Å². The zero-order valence-electron chi connectivity index (χ0n) is 13.7. The van der Waals surface area contributed by atoms with Crippen molar-refractivity contribution in [2.75, 3.05) is 17.3 Å². The van der Waals surface area contributed by atoms with Gasteiger partial charge in [0.15, 0.2) is 15.0 Å². The fraction of sp³-hybridized carbons (Fsp3) is 0.118. The van der Waals surface area contributed by atoms with E-state index in [1.54, 1.807) is 30.3 Å². The third kappa shape index (κ3) is 4.22. The summed E-state index contributed by atoms with van der Waals surface area (Å²) in [5, 5.41) is 12.0. The number of nitriles is 1. The molecule has 3 rings (SSSR count). The first-order valence-electron chi connectivity index (χ1n) is 7.48. The van der Waals surface area contributed by atoms with Crippen molar-refractivity contribution in [1.82, 2.24) is 9.97 Å². The molecule has 1 aromatic heterocycles. The maximum absolute atomic E-state index is 12.0. The van der Waals surface area contributed by atoms with E-state index in [0.29, 0.717) is 27.4 Å². The number of nitrogens with one attached hydrogen (secondary N) is 2. The number of carbonyl (C=O) groups is 1. The van der Waals surface area contributed by atoms with Gasteiger partial charge < -0.3 is 10.3 Å². The first kappa shape index (κ1) is 18.0. The summed E-state index contributed by atoms with van der Waals surface area (Å²) in [6.07, 6.45) is 1.15. The lowest BCUT2D eigenvalue weighted by molar-refractivity contribution is -0.113. The second kappa shape index (κ2) is 7.19. The Bertz CT molecular complexity index is 1110. The molecule has 7 nitrogen and oxygen atoms in total. The molecule has 0 aliphatic rings. The molecule has 132 valence electrons. The highest BCUT2D eigenvalue weighted by Crippen LogP contribution is 2.22. The molecule has 0 radical (unpaired) electrons. The normalized spacial score (nSPS) is 11.2. The van der Waals surface area contributed by atoms with Gasteiger partial charge in [-0.25, -0.2) is 13.4 Å². The van der Waals surface area contributed by atoms with Crippen LogP contribution in [0.25, 0.3) is 11.0 Å². The highest BCUT2D eigenvalue weighted by Gasteiger charge is 2.11. The number of hydrogen-bond acceptors (Lipinski definition) is 6. The van der Waals surface area contributed by atoms with Gasteiger partial charge in [0.2, 0.25) is 5.91 Å². The Labute approximate surface area is 154 Å². The number of thioether (sulfide) groups is 1. The van der Waals surface area contributed by atoms with E-state index in [2.05, 4.69) is 15.3 Å². The number of aromatic amines is 1. The van der Waals surface area contributed by atoms with Crippen LogP contribution in [0.2, 0.25) is 0 Å². The van der Waals surface area contributed by atoms with Crippen LogP contribution in [0.4, 0.5) is 5.69 Å². The summed E-state index contributed by atoms with van der Waals surface area (Å²) in [5.41, 5.74) is 2.36. The van der Waals surface area contributed by atoms with Gasteiger partial charge in [-0.3, -0.25) is 4.79 Å². The molecule has 0 unspecified atom stereocenters. The van der Waals surface area contributed by atoms with Gasteiger partial charge >= 0.3 is 0 Å². The van der Waals surface area contributed by atoms with Crippen LogP contribution in [0.5, 0.6) is 0 Å². The molecule has 3 aromatic rings. The quantitative estimate of drug-likeness (QED) is 0.651. The molecule has 2 aromatic carbocycles. The van der Waals surface area contributed by atoms with E-state index in [0.717, 1.165) is 6.26 Å². The molecule has 0 aliphatic carbocycles. The summed E-state index contributed by atoms with van der Waals surface area (Å²) in [6.45, 7) is 0. The van der Waals surface area contributed by atoms with Crippen molar-refractivity contribution in [2.24, 2.45) is 0 Å². The molecule has 0 bridgehead atoms. The van der Waals surface area contributed by atoms with Gasteiger partial charge in [0.25, 0.3) is 0 Å². The van der Waals surface area contributed by atoms with Gasteiger partial charge in [-0.05, 0) is 42.5 Å². The highest BCUT2D eigenvalue weighted by atomic mass is 32.2. The van der Waals surface area contributed by atoms with E-state index >= 15 is 0 Å². The minimum absolute atomic E-state index is 0.138. The standard InChI is InChI=1S/C17H14N4O3S2/c1-26(23,24)13-6-7-14-15(8-13)21-17(20-14)25-10-16(22)19-12-4-2-11(9-18)3-5-12/h2-8H,10H2,1H3,(H,19,22)(H,20,21). The largest absolute Gasteiger partial charge is 0.333 e. The van der Waals surface area contributed by atoms with Crippen LogP contribution in [0.3, 0.4) is 0 Å². The maximum atomic E-state index is 12.0. The van der Waals surface area contributed by atoms with E-state index in [4.69, 9.17) is 5.26 Å². The number of imidazole rings is 1. The molecule has 0 atom stereocenters. The number of hydrogen-bond donors (Lipinski definition) is 2. The van der Waals surface area contributed by atoms with Crippen LogP contribution >= 0.6 is 11.8 Å². The molecule has 0 aliphatic heterocycles. The molecular formula is C17H14N4O3S2. The molecule has 0 saturated heterocycles. The molecule has 1 amide bonds. The Hall–Kier alpha value is -2.83. The van der Waals surface area contributed by atoms with Crippen molar-refractivity contribution in [3.05, 3.63) is 48.0 Å². The van der Waals surface area contributed by atoms with Gasteiger partial charge in [-0.1, -0.05) is 11.8 Å². The summed E-state index contributed by atoms with van der Waals surface area (Å²) < 4.78 is 23.2. The molecule has 0 saturated carbocycles. The van der Waals surface area contributed by atoms with Gasteiger partial charge in [-0.15, -0.1) is 0 Å². The number of amides is 1. The number of aromatic nitrogens is 2. The lowest BCUT2D eigenvalue weighted by Gasteiger charge is -2.03. The minimum atomic E-state index is -3.29. The predicted molar refractivity (Wildman–Crippen MR) is 99.7 cm³/mol. The van der Waals surface area contributed by atoms with Crippen LogP contribution in [0.15, 0.2) is 52.5 Å². The van der Waals surface area contributed by atoms with Crippen molar-refractivity contribution in [1.29, 1.82) is 5.26 Å². The summed E-state index contributed by atoms with van der Waals surface area (Å²) in [4.78, 5) is 19.6. The van der Waals surface area contributed by atoms with Gasteiger partial charge in [0, 0.05) is 11.9 Å². The topological polar surface area (TPSA) is 116 Å². The molecule has 2 N–H and O–H groups in total. The average Bonchev–Trinajstić information content (AvgIpc) is 3.02. The highest BCUT2D eigenvalue weighted by molar-refractivity contribution is 7.99. The molecule has 9 heteroatoms. The van der Waals surface area contributed by atoms with E-state index in [1.807, 2.05) is 6.07 Å². The Balaban J connectivity index is 1.65. The van der Waals surface area contributed by atoms with E-state index in [1.165, 1.54) is 23.9 Å². The fourth-order valence-corrected chi connectivity index (χ4v) is 3.56. The number of sulfone groups is 1. The van der Waals surface area contributed by atoms with Crippen LogP contribution in [-0.4, -0.2) is 36.3 Å². The first-order chi connectivity index (χ1) is 12.3. The Morgan fingerprint density at radius 1 is 1.27 bits per heavy atom. The number of carbonyl (C=O) groups excluding carboxylic acids is 1. The van der Waals surface area contributed by atoms with E-state index in [9.17, 15) is 13.2 Å². The lowest BCUT2D eigenvalue weighted by Crippen LogP contribution is -2.14. The molecule has 0 fully saturated rings. The number of anilines is 1. The first-order valence-corrected chi connectivity index (χ1v) is 10.4. The second-order valence-corrected chi connectivity index (χ2v) is 8.50. The van der Waals surface area contributed by atoms with Crippen LogP contribution in [0, 0.1) is 11.3 Å². The number of nitrogens with zero attached hydrogens (tertiary/aromatic N) is 2. The molecule has 0 spiro atoms. The number of benzene rings is 2. The predicted octanol–water partition coefficient (Wildman–Crippen LogP) is 2.57. The number of rotatable bonds is 5. The SMILES string of the molecule is CS(=O)(=O)c1ccc2nc(SCC(=O)Nc3ccc(C#N)cc3)[nH]c2c1. The van der Waals surface area contributed by atoms with E-state index < -0.39 is 9.84 Å². The van der Waals surface area contributed by atoms with Crippen molar-refractivity contribution in [3.8, 4) is 6.07 Å². The summed E-state index contributed by atoms with van der Waals surface area (Å²) >= 11 is 1.21. The van der Waals surface area contributed by atoms with Crippen molar-refractivity contribution in [2.45, 2.75) is 10.1 Å². The zero-order chi connectivity index (χ0) is 18.7. The molecular weight excluding hydrogens is 372 g/mol. The maximum Gasteiger partial charge on any atom is 0.234 e. The molecule has 26 heavy (non-hydrogen) atoms. The third-order valence-electron chi connectivity index (χ3n) is 3.50. The van der Waals surface area contributed by atoms with Gasteiger partial charge in [0.05, 0.1) is 33.3 Å². The number of H-pyrrole nitrogens is 1. The van der Waals surface area contributed by atoms with Gasteiger partial charge in [0.1, 0.15) is 0 Å². The lowest BCUT2D eigenvalue weighted by atomic mass is 10.2. The third-order valence-corrected chi connectivity index (χ3v) is 5.48.